The van der Waals surface area contributed by atoms with Gasteiger partial charge in [-0.15, -0.1) is 0 Å². The van der Waals surface area contributed by atoms with Crippen LogP contribution in [-0.2, 0) is 6.54 Å². The molecule has 0 bridgehead atoms. The van der Waals surface area contributed by atoms with Gasteiger partial charge in [0.05, 0.1) is 0 Å². The molecule has 1 aromatic carbocycles. The number of hydrogen-bond donors (Lipinski definition) is 2. The molecule has 1 aliphatic rings. The Hall–Kier alpha value is -1.35. The van der Waals surface area contributed by atoms with Gasteiger partial charge in [0.25, 0.3) is 5.91 Å². The molecule has 0 heterocycles. The first-order valence-corrected chi connectivity index (χ1v) is 5.89. The van der Waals surface area contributed by atoms with Gasteiger partial charge in [0.1, 0.15) is 0 Å². The summed E-state index contributed by atoms with van der Waals surface area (Å²) in [5.41, 5.74) is 7.29. The van der Waals surface area contributed by atoms with Crippen LogP contribution >= 0.6 is 0 Å². The highest BCUT2D eigenvalue weighted by Crippen LogP contribution is 2.18. The Morgan fingerprint density at radius 1 is 1.25 bits per heavy atom. The van der Waals surface area contributed by atoms with E-state index in [4.69, 9.17) is 5.73 Å². The lowest BCUT2D eigenvalue weighted by molar-refractivity contribution is 0.0938. The maximum atomic E-state index is 11.9. The number of carbonyl (C=O) groups is 1. The monoisotopic (exact) mass is 218 g/mol. The van der Waals surface area contributed by atoms with Crippen molar-refractivity contribution in [3.8, 4) is 0 Å². The van der Waals surface area contributed by atoms with Gasteiger partial charge >= 0.3 is 0 Å². The molecule has 1 aliphatic carbocycles. The predicted octanol–water partition coefficient (Wildman–Crippen LogP) is 1.82. The van der Waals surface area contributed by atoms with E-state index in [9.17, 15) is 4.79 Å². The molecular weight excluding hydrogens is 200 g/mol. The molecule has 0 spiro atoms. The van der Waals surface area contributed by atoms with Gasteiger partial charge in [-0.05, 0) is 30.5 Å². The van der Waals surface area contributed by atoms with Crippen molar-refractivity contribution >= 4 is 5.91 Å². The van der Waals surface area contributed by atoms with E-state index in [0.717, 1.165) is 24.0 Å². The topological polar surface area (TPSA) is 55.1 Å². The summed E-state index contributed by atoms with van der Waals surface area (Å²) in [5, 5.41) is 3.06. The van der Waals surface area contributed by atoms with Crippen molar-refractivity contribution < 1.29 is 4.79 Å². The molecule has 1 saturated carbocycles. The average molecular weight is 218 g/mol. The van der Waals surface area contributed by atoms with Crippen LogP contribution in [0, 0.1) is 0 Å². The summed E-state index contributed by atoms with van der Waals surface area (Å²) >= 11 is 0. The highest BCUT2D eigenvalue weighted by Gasteiger charge is 2.17. The second-order valence-corrected chi connectivity index (χ2v) is 4.36. The summed E-state index contributed by atoms with van der Waals surface area (Å²) in [6.07, 6.45) is 4.70. The van der Waals surface area contributed by atoms with Crippen LogP contribution < -0.4 is 11.1 Å². The summed E-state index contributed by atoms with van der Waals surface area (Å²) in [6, 6.07) is 7.87. The predicted molar refractivity (Wildman–Crippen MR) is 64.1 cm³/mol. The van der Waals surface area contributed by atoms with Gasteiger partial charge < -0.3 is 11.1 Å². The lowest BCUT2D eigenvalue weighted by Crippen LogP contribution is -2.32. The summed E-state index contributed by atoms with van der Waals surface area (Å²) in [4.78, 5) is 11.9. The summed E-state index contributed by atoms with van der Waals surface area (Å²) in [5.74, 6) is 0.0375. The molecule has 1 aromatic rings. The first kappa shape index (κ1) is 11.1. The largest absolute Gasteiger partial charge is 0.349 e. The van der Waals surface area contributed by atoms with Crippen molar-refractivity contribution in [2.75, 3.05) is 0 Å². The van der Waals surface area contributed by atoms with Crippen molar-refractivity contribution in [1.29, 1.82) is 0 Å². The van der Waals surface area contributed by atoms with Crippen molar-refractivity contribution in [1.82, 2.24) is 5.32 Å². The van der Waals surface area contributed by atoms with Gasteiger partial charge in [0.15, 0.2) is 0 Å². The van der Waals surface area contributed by atoms with Gasteiger partial charge in [-0.2, -0.15) is 0 Å². The third-order valence-electron chi connectivity index (χ3n) is 3.14. The Morgan fingerprint density at radius 3 is 2.44 bits per heavy atom. The highest BCUT2D eigenvalue weighted by molar-refractivity contribution is 5.94. The number of hydrogen-bond acceptors (Lipinski definition) is 2. The first-order chi connectivity index (χ1) is 7.79. The van der Waals surface area contributed by atoms with Crippen LogP contribution in [0.2, 0.25) is 0 Å². The number of nitrogens with one attached hydrogen (secondary N) is 1. The molecule has 2 rings (SSSR count). The maximum absolute atomic E-state index is 11.9. The molecule has 3 nitrogen and oxygen atoms in total. The van der Waals surface area contributed by atoms with E-state index >= 15 is 0 Å². The lowest BCUT2D eigenvalue weighted by atomic mass is 10.1. The van der Waals surface area contributed by atoms with Gasteiger partial charge in [-0.3, -0.25) is 4.79 Å². The minimum Gasteiger partial charge on any atom is -0.349 e. The third-order valence-corrected chi connectivity index (χ3v) is 3.14. The molecule has 3 heteroatoms. The van der Waals surface area contributed by atoms with Gasteiger partial charge in [-0.25, -0.2) is 0 Å². The Balaban J connectivity index is 1.97. The fourth-order valence-corrected chi connectivity index (χ4v) is 2.13. The maximum Gasteiger partial charge on any atom is 0.251 e. The fourth-order valence-electron chi connectivity index (χ4n) is 2.13. The molecule has 1 fully saturated rings. The van der Waals surface area contributed by atoms with Crippen LogP contribution in [0.15, 0.2) is 24.3 Å². The first-order valence-electron chi connectivity index (χ1n) is 5.89. The SMILES string of the molecule is NCc1ccc(C(=O)NC2CCCC2)cc1. The number of benzene rings is 1. The van der Waals surface area contributed by atoms with Gasteiger partial charge in [-0.1, -0.05) is 25.0 Å². The number of rotatable bonds is 3. The van der Waals surface area contributed by atoms with E-state index in [-0.39, 0.29) is 5.91 Å². The van der Waals surface area contributed by atoms with Crippen molar-refractivity contribution in [2.45, 2.75) is 38.3 Å². The number of carbonyl (C=O) groups excluding carboxylic acids is 1. The van der Waals surface area contributed by atoms with Crippen LogP contribution in [-0.4, -0.2) is 11.9 Å². The Bertz CT molecular complexity index is 353. The molecule has 16 heavy (non-hydrogen) atoms. The van der Waals surface area contributed by atoms with E-state index in [0.29, 0.717) is 12.6 Å². The van der Waals surface area contributed by atoms with E-state index in [1.165, 1.54) is 12.8 Å². The molecule has 0 unspecified atom stereocenters. The molecule has 3 N–H and O–H groups in total. The van der Waals surface area contributed by atoms with Gasteiger partial charge in [0.2, 0.25) is 0 Å². The van der Waals surface area contributed by atoms with E-state index in [1.54, 1.807) is 0 Å². The zero-order chi connectivity index (χ0) is 11.4. The zero-order valence-electron chi connectivity index (χ0n) is 9.41. The van der Waals surface area contributed by atoms with Crippen molar-refractivity contribution in [2.24, 2.45) is 5.73 Å². The van der Waals surface area contributed by atoms with Crippen molar-refractivity contribution in [3.63, 3.8) is 0 Å². The lowest BCUT2D eigenvalue weighted by Gasteiger charge is -2.11. The van der Waals surface area contributed by atoms with E-state index in [1.807, 2.05) is 24.3 Å². The normalized spacial score (nSPS) is 16.3. The number of nitrogens with two attached hydrogens (primary N) is 1. The smallest absolute Gasteiger partial charge is 0.251 e. The quantitative estimate of drug-likeness (QED) is 0.813. The van der Waals surface area contributed by atoms with Crippen LogP contribution in [0.5, 0.6) is 0 Å². The highest BCUT2D eigenvalue weighted by atomic mass is 16.1. The molecule has 0 aromatic heterocycles. The average Bonchev–Trinajstić information content (AvgIpc) is 2.82. The van der Waals surface area contributed by atoms with E-state index < -0.39 is 0 Å². The zero-order valence-corrected chi connectivity index (χ0v) is 9.41. The van der Waals surface area contributed by atoms with Crippen LogP contribution in [0.3, 0.4) is 0 Å². The Labute approximate surface area is 96.0 Å². The molecular formula is C13H18N2O. The second-order valence-electron chi connectivity index (χ2n) is 4.36. The Kier molecular flexibility index (Phi) is 3.57. The standard InChI is InChI=1S/C13H18N2O/c14-9-10-5-7-11(8-6-10)13(16)15-12-3-1-2-4-12/h5-8,12H,1-4,9,14H2,(H,15,16). The molecule has 0 aliphatic heterocycles. The van der Waals surface area contributed by atoms with Gasteiger partial charge in [0, 0.05) is 18.2 Å². The summed E-state index contributed by atoms with van der Waals surface area (Å²) in [7, 11) is 0. The summed E-state index contributed by atoms with van der Waals surface area (Å²) in [6.45, 7) is 0.518. The third kappa shape index (κ3) is 2.61. The van der Waals surface area contributed by atoms with E-state index in [2.05, 4.69) is 5.32 Å². The Morgan fingerprint density at radius 2 is 1.88 bits per heavy atom. The second kappa shape index (κ2) is 5.12. The molecule has 0 saturated heterocycles. The van der Waals surface area contributed by atoms with Crippen LogP contribution in [0.1, 0.15) is 41.6 Å². The molecule has 1 amide bonds. The van der Waals surface area contributed by atoms with Crippen molar-refractivity contribution in [3.05, 3.63) is 35.4 Å². The minimum absolute atomic E-state index is 0.0375. The minimum atomic E-state index is 0.0375. The molecule has 0 radical (unpaired) electrons. The summed E-state index contributed by atoms with van der Waals surface area (Å²) < 4.78 is 0. The number of amides is 1. The molecule has 0 atom stereocenters. The molecule has 86 valence electrons. The van der Waals surface area contributed by atoms with Crippen LogP contribution in [0.4, 0.5) is 0 Å². The van der Waals surface area contributed by atoms with Crippen LogP contribution in [0.25, 0.3) is 0 Å². The fraction of sp³-hybridized carbons (Fsp3) is 0.462.